The molecule has 3 atom stereocenters. The highest BCUT2D eigenvalue weighted by Gasteiger charge is 2.38. The SMILES string of the molecule is CCc1ccc([C@@H]2Nc3c(F)cccc3[C@H]3C=CC[C@H]32)cc1. The third kappa shape index (κ3) is 2.06. The van der Waals surface area contributed by atoms with Crippen LogP contribution in [-0.2, 0) is 6.42 Å². The zero-order chi connectivity index (χ0) is 15.1. The number of para-hydroxylation sites is 1. The molecule has 2 aromatic carbocycles. The van der Waals surface area contributed by atoms with Crippen LogP contribution in [0.2, 0.25) is 0 Å². The summed E-state index contributed by atoms with van der Waals surface area (Å²) in [7, 11) is 0. The standard InChI is InChI=1S/C20H20FN/c1-2-13-9-11-14(12-10-13)19-16-6-3-5-15(16)17-7-4-8-18(21)20(17)22-19/h3-5,7-12,15-16,19,22H,2,6H2,1H3/t15-,16+,19-/m0/s1. The fourth-order valence-electron chi connectivity index (χ4n) is 3.87. The molecule has 2 heteroatoms. The summed E-state index contributed by atoms with van der Waals surface area (Å²) < 4.78 is 14.2. The van der Waals surface area contributed by atoms with Crippen molar-refractivity contribution >= 4 is 5.69 Å². The molecule has 0 spiro atoms. The summed E-state index contributed by atoms with van der Waals surface area (Å²) in [5.41, 5.74) is 4.37. The number of nitrogens with one attached hydrogen (secondary N) is 1. The van der Waals surface area contributed by atoms with E-state index in [9.17, 15) is 4.39 Å². The first-order valence-electron chi connectivity index (χ1n) is 8.08. The molecular formula is C20H20FN. The Hall–Kier alpha value is -2.09. The zero-order valence-corrected chi connectivity index (χ0v) is 12.7. The van der Waals surface area contributed by atoms with Gasteiger partial charge in [0, 0.05) is 5.92 Å². The predicted octanol–water partition coefficient (Wildman–Crippen LogP) is 5.21. The number of hydrogen-bond donors (Lipinski definition) is 1. The number of hydrogen-bond acceptors (Lipinski definition) is 1. The van der Waals surface area contributed by atoms with Gasteiger partial charge in [-0.2, -0.15) is 0 Å². The normalized spacial score (nSPS) is 25.5. The van der Waals surface area contributed by atoms with Crippen LogP contribution in [0.1, 0.15) is 42.0 Å². The molecule has 2 aliphatic rings. The first-order chi connectivity index (χ1) is 10.8. The molecule has 4 rings (SSSR count). The minimum Gasteiger partial charge on any atom is -0.375 e. The van der Waals surface area contributed by atoms with Crippen molar-refractivity contribution in [3.63, 3.8) is 0 Å². The molecule has 22 heavy (non-hydrogen) atoms. The van der Waals surface area contributed by atoms with Crippen molar-refractivity contribution in [2.45, 2.75) is 31.7 Å². The lowest BCUT2D eigenvalue weighted by Crippen LogP contribution is -2.29. The summed E-state index contributed by atoms with van der Waals surface area (Å²) in [6.07, 6.45) is 6.58. The van der Waals surface area contributed by atoms with Gasteiger partial charge in [-0.1, -0.05) is 55.5 Å². The Kier molecular flexibility index (Phi) is 3.25. The van der Waals surface area contributed by atoms with Gasteiger partial charge in [0.15, 0.2) is 0 Å². The molecule has 112 valence electrons. The van der Waals surface area contributed by atoms with E-state index in [1.807, 2.05) is 6.07 Å². The molecule has 1 heterocycles. The van der Waals surface area contributed by atoms with Crippen LogP contribution in [0.15, 0.2) is 54.6 Å². The van der Waals surface area contributed by atoms with E-state index in [-0.39, 0.29) is 11.9 Å². The van der Waals surface area contributed by atoms with Crippen LogP contribution in [0.5, 0.6) is 0 Å². The molecule has 0 fully saturated rings. The molecule has 2 aromatic rings. The first-order valence-corrected chi connectivity index (χ1v) is 8.08. The fraction of sp³-hybridized carbons (Fsp3) is 0.300. The van der Waals surface area contributed by atoms with E-state index in [2.05, 4.69) is 54.7 Å². The Morgan fingerprint density at radius 1 is 1.14 bits per heavy atom. The minimum atomic E-state index is -0.147. The van der Waals surface area contributed by atoms with Crippen molar-refractivity contribution in [3.8, 4) is 0 Å². The van der Waals surface area contributed by atoms with Crippen molar-refractivity contribution in [1.82, 2.24) is 0 Å². The van der Waals surface area contributed by atoms with E-state index in [4.69, 9.17) is 0 Å². The second kappa shape index (κ2) is 5.28. The van der Waals surface area contributed by atoms with Crippen LogP contribution in [0.25, 0.3) is 0 Å². The molecule has 1 nitrogen and oxygen atoms in total. The summed E-state index contributed by atoms with van der Waals surface area (Å²) in [6, 6.07) is 14.3. The first kappa shape index (κ1) is 13.6. The Morgan fingerprint density at radius 3 is 2.73 bits per heavy atom. The third-order valence-electron chi connectivity index (χ3n) is 5.09. The summed E-state index contributed by atoms with van der Waals surface area (Å²) >= 11 is 0. The molecule has 1 aliphatic heterocycles. The molecule has 0 radical (unpaired) electrons. The lowest BCUT2D eigenvalue weighted by atomic mass is 9.77. The number of rotatable bonds is 2. The van der Waals surface area contributed by atoms with Gasteiger partial charge < -0.3 is 5.32 Å². The van der Waals surface area contributed by atoms with Gasteiger partial charge >= 0.3 is 0 Å². The van der Waals surface area contributed by atoms with E-state index in [1.54, 1.807) is 6.07 Å². The average Bonchev–Trinajstić information content (AvgIpc) is 3.05. The predicted molar refractivity (Wildman–Crippen MR) is 88.6 cm³/mol. The highest BCUT2D eigenvalue weighted by molar-refractivity contribution is 5.60. The minimum absolute atomic E-state index is 0.147. The van der Waals surface area contributed by atoms with Crippen LogP contribution in [0, 0.1) is 11.7 Å². The topological polar surface area (TPSA) is 12.0 Å². The van der Waals surface area contributed by atoms with Gasteiger partial charge in [-0.05, 0) is 41.5 Å². The second-order valence-electron chi connectivity index (χ2n) is 6.27. The number of allylic oxidation sites excluding steroid dienone is 2. The third-order valence-corrected chi connectivity index (χ3v) is 5.09. The van der Waals surface area contributed by atoms with E-state index < -0.39 is 0 Å². The maximum absolute atomic E-state index is 14.2. The van der Waals surface area contributed by atoms with Crippen LogP contribution >= 0.6 is 0 Å². The highest BCUT2D eigenvalue weighted by Crippen LogP contribution is 2.50. The molecule has 0 saturated carbocycles. The molecule has 0 aromatic heterocycles. The van der Waals surface area contributed by atoms with Crippen LogP contribution in [0.4, 0.5) is 10.1 Å². The number of anilines is 1. The van der Waals surface area contributed by atoms with Gasteiger partial charge in [0.25, 0.3) is 0 Å². The van der Waals surface area contributed by atoms with Crippen molar-refractivity contribution in [1.29, 1.82) is 0 Å². The lowest BCUT2D eigenvalue weighted by molar-refractivity contribution is 0.421. The molecule has 0 bridgehead atoms. The maximum Gasteiger partial charge on any atom is 0.146 e. The molecule has 1 N–H and O–H groups in total. The van der Waals surface area contributed by atoms with Gasteiger partial charge in [-0.25, -0.2) is 4.39 Å². The lowest BCUT2D eigenvalue weighted by Gasteiger charge is -2.37. The van der Waals surface area contributed by atoms with Crippen molar-refractivity contribution in [2.75, 3.05) is 5.32 Å². The van der Waals surface area contributed by atoms with E-state index >= 15 is 0 Å². The number of benzene rings is 2. The zero-order valence-electron chi connectivity index (χ0n) is 12.7. The van der Waals surface area contributed by atoms with E-state index in [1.165, 1.54) is 11.1 Å². The monoisotopic (exact) mass is 293 g/mol. The Bertz CT molecular complexity index is 717. The molecule has 0 amide bonds. The molecule has 0 saturated heterocycles. The smallest absolute Gasteiger partial charge is 0.146 e. The van der Waals surface area contributed by atoms with Gasteiger partial charge in [-0.15, -0.1) is 0 Å². The summed E-state index contributed by atoms with van der Waals surface area (Å²) in [6.45, 7) is 2.16. The number of fused-ring (bicyclic) bond motifs is 3. The largest absolute Gasteiger partial charge is 0.375 e. The Labute approximate surface area is 130 Å². The average molecular weight is 293 g/mol. The number of aryl methyl sites for hydroxylation is 1. The van der Waals surface area contributed by atoms with E-state index in [0.29, 0.717) is 17.5 Å². The van der Waals surface area contributed by atoms with Gasteiger partial charge in [0.05, 0.1) is 11.7 Å². The summed E-state index contributed by atoms with van der Waals surface area (Å²) in [4.78, 5) is 0. The fourth-order valence-corrected chi connectivity index (χ4v) is 3.87. The van der Waals surface area contributed by atoms with Gasteiger partial charge in [-0.3, -0.25) is 0 Å². The molecular weight excluding hydrogens is 273 g/mol. The molecule has 0 unspecified atom stereocenters. The second-order valence-corrected chi connectivity index (χ2v) is 6.27. The van der Waals surface area contributed by atoms with Crippen LogP contribution in [0.3, 0.4) is 0 Å². The number of halogens is 1. The Balaban J connectivity index is 1.76. The molecule has 1 aliphatic carbocycles. The van der Waals surface area contributed by atoms with E-state index in [0.717, 1.165) is 18.4 Å². The summed E-state index contributed by atoms with van der Waals surface area (Å²) in [5, 5.41) is 3.48. The van der Waals surface area contributed by atoms with Gasteiger partial charge in [0.2, 0.25) is 0 Å². The van der Waals surface area contributed by atoms with Gasteiger partial charge in [0.1, 0.15) is 5.82 Å². The van der Waals surface area contributed by atoms with Crippen molar-refractivity contribution in [3.05, 3.63) is 77.1 Å². The summed E-state index contributed by atoms with van der Waals surface area (Å²) in [5.74, 6) is 0.649. The van der Waals surface area contributed by atoms with Crippen LogP contribution < -0.4 is 5.32 Å². The van der Waals surface area contributed by atoms with Crippen molar-refractivity contribution in [2.24, 2.45) is 5.92 Å². The highest BCUT2D eigenvalue weighted by atomic mass is 19.1. The maximum atomic E-state index is 14.2. The van der Waals surface area contributed by atoms with Crippen LogP contribution in [-0.4, -0.2) is 0 Å². The van der Waals surface area contributed by atoms with Crippen molar-refractivity contribution < 1.29 is 4.39 Å². The quantitative estimate of drug-likeness (QED) is 0.749. The Morgan fingerprint density at radius 2 is 1.95 bits per heavy atom.